The summed E-state index contributed by atoms with van der Waals surface area (Å²) in [6.07, 6.45) is 3.60. The summed E-state index contributed by atoms with van der Waals surface area (Å²) >= 11 is 1.02. The van der Waals surface area contributed by atoms with E-state index in [0.717, 1.165) is 37.3 Å². The molecular formula is C18H19F2N3OS. The number of carbonyl (C=O) groups is 1. The quantitative estimate of drug-likeness (QED) is 0.910. The fourth-order valence-electron chi connectivity index (χ4n) is 3.96. The molecule has 132 valence electrons. The van der Waals surface area contributed by atoms with Crippen molar-refractivity contribution >= 4 is 17.2 Å². The number of nitrogens with one attached hydrogen (secondary N) is 1. The van der Waals surface area contributed by atoms with Gasteiger partial charge in [0.25, 0.3) is 5.91 Å². The number of carbonyl (C=O) groups excluding carboxylic acids is 1. The number of aromatic nitrogens is 1. The smallest absolute Gasteiger partial charge is 0.263 e. The van der Waals surface area contributed by atoms with Crippen molar-refractivity contribution in [3.05, 3.63) is 40.9 Å². The van der Waals surface area contributed by atoms with Crippen LogP contribution in [0.4, 0.5) is 8.78 Å². The van der Waals surface area contributed by atoms with Crippen molar-refractivity contribution in [1.82, 2.24) is 15.2 Å². The van der Waals surface area contributed by atoms with Crippen LogP contribution < -0.4 is 5.32 Å². The molecule has 2 atom stereocenters. The molecule has 25 heavy (non-hydrogen) atoms. The number of rotatable bonds is 3. The first kappa shape index (κ1) is 16.6. The standard InChI is InChI=1S/C18H19F2N3OS/c1-10-16(11-5-7-23(10)8-6-11)22-17(24)14-9-21-18(25-14)15-12(19)3-2-4-13(15)20/h2-4,9-11,16H,5-8H2,1H3,(H,22,24). The van der Waals surface area contributed by atoms with Gasteiger partial charge >= 0.3 is 0 Å². The van der Waals surface area contributed by atoms with Crippen molar-refractivity contribution < 1.29 is 13.6 Å². The first-order valence-electron chi connectivity index (χ1n) is 8.49. The number of thiazole rings is 1. The van der Waals surface area contributed by atoms with Gasteiger partial charge in [0.05, 0.1) is 11.8 Å². The summed E-state index contributed by atoms with van der Waals surface area (Å²) in [5, 5.41) is 3.30. The van der Waals surface area contributed by atoms with E-state index < -0.39 is 11.6 Å². The maximum Gasteiger partial charge on any atom is 0.263 e. The lowest BCUT2D eigenvalue weighted by Crippen LogP contribution is -2.62. The summed E-state index contributed by atoms with van der Waals surface area (Å²) in [6.45, 7) is 4.33. The third-order valence-electron chi connectivity index (χ3n) is 5.38. The summed E-state index contributed by atoms with van der Waals surface area (Å²) in [5.74, 6) is -1.06. The van der Waals surface area contributed by atoms with Crippen molar-refractivity contribution in [3.63, 3.8) is 0 Å². The lowest BCUT2D eigenvalue weighted by atomic mass is 9.79. The van der Waals surface area contributed by atoms with Gasteiger partial charge in [-0.05, 0) is 50.9 Å². The molecule has 5 rings (SSSR count). The van der Waals surface area contributed by atoms with E-state index in [0.29, 0.717) is 16.8 Å². The monoisotopic (exact) mass is 363 g/mol. The maximum atomic E-state index is 13.9. The molecule has 2 unspecified atom stereocenters. The Hall–Kier alpha value is -1.86. The normalized spacial score (nSPS) is 28.1. The lowest BCUT2D eigenvalue weighted by Gasteiger charge is -2.49. The second-order valence-corrected chi connectivity index (χ2v) is 7.77. The van der Waals surface area contributed by atoms with Gasteiger partial charge in [-0.3, -0.25) is 9.69 Å². The van der Waals surface area contributed by atoms with Crippen LogP contribution in [0.15, 0.2) is 24.4 Å². The molecule has 7 heteroatoms. The van der Waals surface area contributed by atoms with Crippen LogP contribution in [0.1, 0.15) is 29.4 Å². The molecule has 4 heterocycles. The predicted octanol–water partition coefficient (Wildman–Crippen LogP) is 3.30. The summed E-state index contributed by atoms with van der Waals surface area (Å²) in [5.41, 5.74) is -0.178. The van der Waals surface area contributed by atoms with Crippen molar-refractivity contribution in [2.24, 2.45) is 5.92 Å². The van der Waals surface area contributed by atoms with E-state index in [9.17, 15) is 13.6 Å². The number of piperidine rings is 3. The second kappa shape index (κ2) is 6.46. The molecule has 4 nitrogen and oxygen atoms in total. The highest BCUT2D eigenvalue weighted by molar-refractivity contribution is 7.16. The van der Waals surface area contributed by atoms with Gasteiger partial charge in [0.15, 0.2) is 0 Å². The van der Waals surface area contributed by atoms with E-state index in [1.807, 2.05) is 0 Å². The molecule has 3 fully saturated rings. The molecule has 0 aliphatic carbocycles. The molecule has 3 aliphatic rings. The Kier molecular flexibility index (Phi) is 4.29. The summed E-state index contributed by atoms with van der Waals surface area (Å²) in [7, 11) is 0. The van der Waals surface area contributed by atoms with Crippen LogP contribution in [0.3, 0.4) is 0 Å². The number of halogens is 2. The number of benzene rings is 1. The average molecular weight is 363 g/mol. The summed E-state index contributed by atoms with van der Waals surface area (Å²) in [6, 6.07) is 4.12. The minimum atomic E-state index is -0.674. The fraction of sp³-hybridized carbons (Fsp3) is 0.444. The molecular weight excluding hydrogens is 344 g/mol. The molecule has 1 N–H and O–H groups in total. The number of hydrogen-bond acceptors (Lipinski definition) is 4. The van der Waals surface area contributed by atoms with Crippen LogP contribution >= 0.6 is 11.3 Å². The van der Waals surface area contributed by atoms with E-state index in [1.165, 1.54) is 24.4 Å². The molecule has 2 bridgehead atoms. The molecule has 3 saturated heterocycles. The van der Waals surface area contributed by atoms with E-state index in [-0.39, 0.29) is 22.5 Å². The third-order valence-corrected chi connectivity index (χ3v) is 6.40. The fourth-order valence-corrected chi connectivity index (χ4v) is 4.83. The van der Waals surface area contributed by atoms with Gasteiger partial charge in [0, 0.05) is 12.1 Å². The van der Waals surface area contributed by atoms with Crippen LogP contribution in [0, 0.1) is 17.6 Å². The van der Waals surface area contributed by atoms with Gasteiger partial charge in [0.2, 0.25) is 0 Å². The Balaban J connectivity index is 1.53. The van der Waals surface area contributed by atoms with Crippen LogP contribution in [0.2, 0.25) is 0 Å². The molecule has 0 spiro atoms. The van der Waals surface area contributed by atoms with Crippen LogP contribution in [0.25, 0.3) is 10.6 Å². The van der Waals surface area contributed by atoms with Gasteiger partial charge < -0.3 is 5.32 Å². The number of fused-ring (bicyclic) bond motifs is 3. The first-order chi connectivity index (χ1) is 12.0. The molecule has 0 saturated carbocycles. The summed E-state index contributed by atoms with van der Waals surface area (Å²) in [4.78, 5) is 19.4. The zero-order valence-corrected chi connectivity index (χ0v) is 14.7. The highest BCUT2D eigenvalue weighted by Gasteiger charge is 2.40. The molecule has 3 aliphatic heterocycles. The molecule has 0 radical (unpaired) electrons. The maximum absolute atomic E-state index is 13.9. The topological polar surface area (TPSA) is 45.2 Å². The highest BCUT2D eigenvalue weighted by Crippen LogP contribution is 2.33. The summed E-state index contributed by atoms with van der Waals surface area (Å²) < 4.78 is 27.8. The third kappa shape index (κ3) is 2.95. The Morgan fingerprint density at radius 2 is 1.96 bits per heavy atom. The SMILES string of the molecule is CC1C(NC(=O)c2cnc(-c3c(F)cccc3F)s2)C2CCN1CC2. The van der Waals surface area contributed by atoms with Crippen molar-refractivity contribution in [3.8, 4) is 10.6 Å². The lowest BCUT2D eigenvalue weighted by molar-refractivity contribution is 0.0218. The van der Waals surface area contributed by atoms with Crippen LogP contribution in [0.5, 0.6) is 0 Å². The molecule has 1 aromatic heterocycles. The zero-order chi connectivity index (χ0) is 17.6. The molecule has 1 amide bonds. The van der Waals surface area contributed by atoms with Crippen molar-refractivity contribution in [2.75, 3.05) is 13.1 Å². The van der Waals surface area contributed by atoms with Gasteiger partial charge in [-0.2, -0.15) is 0 Å². The Morgan fingerprint density at radius 3 is 2.60 bits per heavy atom. The van der Waals surface area contributed by atoms with Gasteiger partial charge in [0.1, 0.15) is 21.5 Å². The number of nitrogens with zero attached hydrogens (tertiary/aromatic N) is 2. The zero-order valence-electron chi connectivity index (χ0n) is 13.8. The Bertz CT molecular complexity index is 779. The highest BCUT2D eigenvalue weighted by atomic mass is 32.1. The minimum Gasteiger partial charge on any atom is -0.347 e. The van der Waals surface area contributed by atoms with Crippen molar-refractivity contribution in [1.29, 1.82) is 0 Å². The second-order valence-electron chi connectivity index (χ2n) is 6.74. The molecule has 1 aromatic carbocycles. The van der Waals surface area contributed by atoms with E-state index in [1.54, 1.807) is 0 Å². The Morgan fingerprint density at radius 1 is 1.28 bits per heavy atom. The number of amides is 1. The van der Waals surface area contributed by atoms with Gasteiger partial charge in [-0.25, -0.2) is 13.8 Å². The van der Waals surface area contributed by atoms with E-state index in [4.69, 9.17) is 0 Å². The van der Waals surface area contributed by atoms with Crippen LogP contribution in [-0.4, -0.2) is 41.0 Å². The number of hydrogen-bond donors (Lipinski definition) is 1. The van der Waals surface area contributed by atoms with E-state index >= 15 is 0 Å². The minimum absolute atomic E-state index is 0.116. The molecule has 2 aromatic rings. The predicted molar refractivity (Wildman–Crippen MR) is 92.5 cm³/mol. The first-order valence-corrected chi connectivity index (χ1v) is 9.31. The van der Waals surface area contributed by atoms with Crippen molar-refractivity contribution in [2.45, 2.75) is 31.8 Å². The average Bonchev–Trinajstić information content (AvgIpc) is 3.08. The Labute approximate surface area is 148 Å². The largest absolute Gasteiger partial charge is 0.347 e. The van der Waals surface area contributed by atoms with Gasteiger partial charge in [-0.1, -0.05) is 6.07 Å². The van der Waals surface area contributed by atoms with E-state index in [2.05, 4.69) is 22.1 Å². The van der Waals surface area contributed by atoms with Gasteiger partial charge in [-0.15, -0.1) is 11.3 Å². The van der Waals surface area contributed by atoms with Crippen LogP contribution in [-0.2, 0) is 0 Å².